The minimum Gasteiger partial charge on any atom is -0.469 e. The van der Waals surface area contributed by atoms with Gasteiger partial charge in [-0.2, -0.15) is 0 Å². The maximum absolute atomic E-state index is 12.6. The molecule has 0 N–H and O–H groups in total. The first-order chi connectivity index (χ1) is 9.66. The number of amides is 2. The highest BCUT2D eigenvalue weighted by Gasteiger charge is 2.41. The number of nitrogens with zero attached hydrogens (tertiary/aromatic N) is 2. The Kier molecular flexibility index (Phi) is 3.51. The summed E-state index contributed by atoms with van der Waals surface area (Å²) >= 11 is 0. The normalized spacial score (nSPS) is 24.8. The van der Waals surface area contributed by atoms with E-state index in [9.17, 15) is 9.59 Å². The van der Waals surface area contributed by atoms with E-state index in [1.54, 1.807) is 16.1 Å². The third kappa shape index (κ3) is 2.32. The average Bonchev–Trinajstić information content (AvgIpc) is 2.95. The molecule has 2 saturated heterocycles. The summed E-state index contributed by atoms with van der Waals surface area (Å²) in [5.74, 6) is 1.03. The van der Waals surface area contributed by atoms with E-state index < -0.39 is 0 Å². The number of hydrogen-bond donors (Lipinski definition) is 0. The number of rotatable bonds is 3. The SMILES string of the molecule is CC(Cc1ccco1)N1CC(=O)N2CCCCC2C1=O. The second-order valence-corrected chi connectivity index (χ2v) is 5.70. The van der Waals surface area contributed by atoms with Gasteiger partial charge in [-0.15, -0.1) is 0 Å². The van der Waals surface area contributed by atoms with Crippen LogP contribution in [0, 0.1) is 0 Å². The maximum Gasteiger partial charge on any atom is 0.246 e. The molecule has 2 unspecified atom stereocenters. The van der Waals surface area contributed by atoms with E-state index >= 15 is 0 Å². The molecule has 0 aromatic carbocycles. The fourth-order valence-electron chi connectivity index (χ4n) is 3.20. The third-order valence-corrected chi connectivity index (χ3v) is 4.31. The van der Waals surface area contributed by atoms with Gasteiger partial charge in [0.1, 0.15) is 18.3 Å². The van der Waals surface area contributed by atoms with Crippen molar-refractivity contribution in [1.29, 1.82) is 0 Å². The van der Waals surface area contributed by atoms with Gasteiger partial charge in [0.2, 0.25) is 11.8 Å². The summed E-state index contributed by atoms with van der Waals surface area (Å²) in [5.41, 5.74) is 0. The van der Waals surface area contributed by atoms with Crippen LogP contribution in [0.25, 0.3) is 0 Å². The van der Waals surface area contributed by atoms with Crippen molar-refractivity contribution in [3.8, 4) is 0 Å². The van der Waals surface area contributed by atoms with Crippen LogP contribution in [0.5, 0.6) is 0 Å². The van der Waals surface area contributed by atoms with Crippen molar-refractivity contribution in [3.63, 3.8) is 0 Å². The summed E-state index contributed by atoms with van der Waals surface area (Å²) in [7, 11) is 0. The van der Waals surface area contributed by atoms with Gasteiger partial charge < -0.3 is 14.2 Å². The van der Waals surface area contributed by atoms with Crippen LogP contribution in [0.4, 0.5) is 0 Å². The zero-order chi connectivity index (χ0) is 14.1. The van der Waals surface area contributed by atoms with Crippen LogP contribution >= 0.6 is 0 Å². The van der Waals surface area contributed by atoms with Gasteiger partial charge in [-0.25, -0.2) is 0 Å². The van der Waals surface area contributed by atoms with Crippen LogP contribution in [-0.4, -0.2) is 46.8 Å². The second kappa shape index (κ2) is 5.31. The number of carbonyl (C=O) groups is 2. The molecule has 3 rings (SSSR count). The largest absolute Gasteiger partial charge is 0.469 e. The molecule has 0 saturated carbocycles. The third-order valence-electron chi connectivity index (χ3n) is 4.31. The Morgan fingerprint density at radius 2 is 2.25 bits per heavy atom. The topological polar surface area (TPSA) is 53.8 Å². The molecule has 1 aromatic rings. The number of piperazine rings is 1. The van der Waals surface area contributed by atoms with Gasteiger partial charge in [-0.3, -0.25) is 9.59 Å². The molecule has 5 heteroatoms. The minimum absolute atomic E-state index is 0.0123. The number of furan rings is 1. The van der Waals surface area contributed by atoms with Crippen LogP contribution in [-0.2, 0) is 16.0 Å². The van der Waals surface area contributed by atoms with E-state index in [2.05, 4.69) is 0 Å². The second-order valence-electron chi connectivity index (χ2n) is 5.70. The predicted molar refractivity (Wildman–Crippen MR) is 72.9 cm³/mol. The lowest BCUT2D eigenvalue weighted by Crippen LogP contribution is -2.63. The Labute approximate surface area is 118 Å². The van der Waals surface area contributed by atoms with Crippen molar-refractivity contribution in [2.75, 3.05) is 13.1 Å². The van der Waals surface area contributed by atoms with Gasteiger partial charge in [0.25, 0.3) is 0 Å². The molecule has 0 radical (unpaired) electrons. The van der Waals surface area contributed by atoms with E-state index in [1.807, 2.05) is 19.1 Å². The minimum atomic E-state index is -0.232. The Morgan fingerprint density at radius 1 is 1.40 bits per heavy atom. The number of carbonyl (C=O) groups excluding carboxylic acids is 2. The molecule has 1 aromatic heterocycles. The summed E-state index contributed by atoms with van der Waals surface area (Å²) in [6, 6.07) is 3.50. The van der Waals surface area contributed by atoms with E-state index in [-0.39, 0.29) is 30.4 Å². The van der Waals surface area contributed by atoms with Gasteiger partial charge >= 0.3 is 0 Å². The molecule has 108 valence electrons. The Hall–Kier alpha value is -1.78. The van der Waals surface area contributed by atoms with E-state index in [0.29, 0.717) is 6.42 Å². The summed E-state index contributed by atoms with van der Waals surface area (Å²) in [5, 5.41) is 0. The van der Waals surface area contributed by atoms with Gasteiger partial charge in [-0.05, 0) is 38.3 Å². The molecule has 2 aliphatic heterocycles. The van der Waals surface area contributed by atoms with Crippen molar-refractivity contribution in [3.05, 3.63) is 24.2 Å². The lowest BCUT2D eigenvalue weighted by Gasteiger charge is -2.44. The van der Waals surface area contributed by atoms with Gasteiger partial charge in [0.05, 0.1) is 6.26 Å². The monoisotopic (exact) mass is 276 g/mol. The fourth-order valence-corrected chi connectivity index (χ4v) is 3.20. The van der Waals surface area contributed by atoms with Gasteiger partial charge in [-0.1, -0.05) is 0 Å². The van der Waals surface area contributed by atoms with Crippen LogP contribution in [0.3, 0.4) is 0 Å². The van der Waals surface area contributed by atoms with Crippen LogP contribution in [0.2, 0.25) is 0 Å². The number of fused-ring (bicyclic) bond motifs is 1. The highest BCUT2D eigenvalue weighted by Crippen LogP contribution is 2.25. The molecular formula is C15H20N2O3. The van der Waals surface area contributed by atoms with E-state index in [0.717, 1.165) is 31.6 Å². The summed E-state index contributed by atoms with van der Waals surface area (Å²) in [6.07, 6.45) is 5.12. The standard InChI is InChI=1S/C15H20N2O3/c1-11(9-12-5-4-8-20-12)17-10-14(18)16-7-3-2-6-13(16)15(17)19/h4-5,8,11,13H,2-3,6-7,9-10H2,1H3. The van der Waals surface area contributed by atoms with Gasteiger partial charge in [0.15, 0.2) is 0 Å². The summed E-state index contributed by atoms with van der Waals surface area (Å²) in [4.78, 5) is 28.3. The molecule has 2 atom stereocenters. The van der Waals surface area contributed by atoms with Crippen LogP contribution < -0.4 is 0 Å². The Balaban J connectivity index is 1.73. The smallest absolute Gasteiger partial charge is 0.246 e. The summed E-state index contributed by atoms with van der Waals surface area (Å²) < 4.78 is 5.33. The van der Waals surface area contributed by atoms with Crippen molar-refractivity contribution in [1.82, 2.24) is 9.80 Å². The zero-order valence-electron chi connectivity index (χ0n) is 11.7. The van der Waals surface area contributed by atoms with Gasteiger partial charge in [0, 0.05) is 19.0 Å². The molecule has 2 amide bonds. The molecule has 5 nitrogen and oxygen atoms in total. The lowest BCUT2D eigenvalue weighted by molar-refractivity contribution is -0.159. The first kappa shape index (κ1) is 13.2. The molecule has 2 fully saturated rings. The van der Waals surface area contributed by atoms with Crippen molar-refractivity contribution in [2.45, 2.75) is 44.7 Å². The van der Waals surface area contributed by atoms with Crippen LogP contribution in [0.15, 0.2) is 22.8 Å². The highest BCUT2D eigenvalue weighted by atomic mass is 16.3. The molecule has 2 aliphatic rings. The number of hydrogen-bond acceptors (Lipinski definition) is 3. The molecule has 0 spiro atoms. The van der Waals surface area contributed by atoms with E-state index in [4.69, 9.17) is 4.42 Å². The Bertz CT molecular complexity index is 497. The zero-order valence-corrected chi connectivity index (χ0v) is 11.7. The average molecular weight is 276 g/mol. The predicted octanol–water partition coefficient (Wildman–Crippen LogP) is 1.43. The molecule has 0 bridgehead atoms. The molecular weight excluding hydrogens is 256 g/mol. The maximum atomic E-state index is 12.6. The lowest BCUT2D eigenvalue weighted by atomic mass is 9.97. The molecule has 20 heavy (non-hydrogen) atoms. The number of piperidine rings is 1. The highest BCUT2D eigenvalue weighted by molar-refractivity contribution is 5.95. The fraction of sp³-hybridized carbons (Fsp3) is 0.600. The van der Waals surface area contributed by atoms with Crippen molar-refractivity contribution < 1.29 is 14.0 Å². The summed E-state index contributed by atoms with van der Waals surface area (Å²) in [6.45, 7) is 2.92. The van der Waals surface area contributed by atoms with Crippen molar-refractivity contribution >= 4 is 11.8 Å². The van der Waals surface area contributed by atoms with Crippen LogP contribution in [0.1, 0.15) is 31.9 Å². The molecule has 0 aliphatic carbocycles. The Morgan fingerprint density at radius 3 is 3.00 bits per heavy atom. The van der Waals surface area contributed by atoms with E-state index in [1.165, 1.54) is 0 Å². The first-order valence-corrected chi connectivity index (χ1v) is 7.29. The quantitative estimate of drug-likeness (QED) is 0.839. The van der Waals surface area contributed by atoms with Crippen molar-refractivity contribution in [2.24, 2.45) is 0 Å². The first-order valence-electron chi connectivity index (χ1n) is 7.29. The molecule has 3 heterocycles.